The summed E-state index contributed by atoms with van der Waals surface area (Å²) in [5.74, 6) is -0.172. The molecular weight excluding hydrogens is 295 g/mol. The largest absolute Gasteiger partial charge is 0.314 e. The summed E-state index contributed by atoms with van der Waals surface area (Å²) in [7, 11) is 0. The van der Waals surface area contributed by atoms with E-state index in [1.54, 1.807) is 23.5 Å². The molecule has 0 saturated carbocycles. The van der Waals surface area contributed by atoms with E-state index < -0.39 is 0 Å². The zero-order valence-corrected chi connectivity index (χ0v) is 12.7. The Morgan fingerprint density at radius 3 is 2.40 bits per heavy atom. The van der Waals surface area contributed by atoms with E-state index in [0.717, 1.165) is 26.2 Å². The van der Waals surface area contributed by atoms with Crippen molar-refractivity contribution in [3.05, 3.63) is 58.0 Å². The number of thiophene rings is 1. The van der Waals surface area contributed by atoms with Crippen molar-refractivity contribution in [3.63, 3.8) is 0 Å². The summed E-state index contributed by atoms with van der Waals surface area (Å²) in [6.07, 6.45) is 0. The summed E-state index contributed by atoms with van der Waals surface area (Å²) in [5, 5.41) is 5.48. The van der Waals surface area contributed by atoms with Crippen molar-refractivity contribution >= 4 is 23.7 Å². The van der Waals surface area contributed by atoms with Crippen LogP contribution in [0.15, 0.2) is 41.8 Å². The fourth-order valence-electron chi connectivity index (χ4n) is 2.59. The van der Waals surface area contributed by atoms with E-state index in [1.807, 2.05) is 12.1 Å². The lowest BCUT2D eigenvalue weighted by Crippen LogP contribution is -2.45. The van der Waals surface area contributed by atoms with Crippen molar-refractivity contribution in [1.82, 2.24) is 10.2 Å². The van der Waals surface area contributed by atoms with Crippen LogP contribution in [0.1, 0.15) is 16.5 Å². The Balaban J connectivity index is 0.00000147. The summed E-state index contributed by atoms with van der Waals surface area (Å²) in [5.41, 5.74) is 1.17. The van der Waals surface area contributed by atoms with E-state index in [2.05, 4.69) is 27.7 Å². The van der Waals surface area contributed by atoms with Gasteiger partial charge in [-0.3, -0.25) is 4.90 Å². The van der Waals surface area contributed by atoms with Gasteiger partial charge in [0.1, 0.15) is 5.82 Å². The van der Waals surface area contributed by atoms with Gasteiger partial charge in [0, 0.05) is 31.1 Å². The van der Waals surface area contributed by atoms with Crippen LogP contribution in [0.3, 0.4) is 0 Å². The van der Waals surface area contributed by atoms with Crippen LogP contribution in [-0.4, -0.2) is 31.1 Å². The molecular formula is C15H18ClFN2S. The van der Waals surface area contributed by atoms with Gasteiger partial charge in [0.25, 0.3) is 0 Å². The lowest BCUT2D eigenvalue weighted by Gasteiger charge is -2.34. The molecule has 3 rings (SSSR count). The Hall–Kier alpha value is -0.940. The van der Waals surface area contributed by atoms with E-state index in [9.17, 15) is 4.39 Å². The van der Waals surface area contributed by atoms with Crippen molar-refractivity contribution < 1.29 is 4.39 Å². The Bertz CT molecular complexity index is 509. The molecule has 108 valence electrons. The summed E-state index contributed by atoms with van der Waals surface area (Å²) in [4.78, 5) is 3.80. The number of nitrogens with one attached hydrogen (secondary N) is 1. The molecule has 1 aromatic heterocycles. The molecule has 1 N–H and O–H groups in total. The van der Waals surface area contributed by atoms with Crippen LogP contribution in [0.25, 0.3) is 0 Å². The standard InChI is InChI=1S/C15H17FN2S.ClH/c16-13-5-3-12(4-6-13)15(14-2-1-11-19-14)18-9-7-17-8-10-18;/h1-6,11,15,17H,7-10H2;1H/t15-;/m0./s1. The Morgan fingerprint density at radius 1 is 1.10 bits per heavy atom. The molecule has 20 heavy (non-hydrogen) atoms. The van der Waals surface area contributed by atoms with Crippen LogP contribution >= 0.6 is 23.7 Å². The molecule has 1 fully saturated rings. The van der Waals surface area contributed by atoms with Gasteiger partial charge in [0.15, 0.2) is 0 Å². The minimum atomic E-state index is -0.172. The number of hydrogen-bond donors (Lipinski definition) is 1. The third-order valence-corrected chi connectivity index (χ3v) is 4.44. The van der Waals surface area contributed by atoms with E-state index in [1.165, 1.54) is 10.4 Å². The maximum atomic E-state index is 13.1. The number of benzene rings is 1. The molecule has 1 aliphatic rings. The van der Waals surface area contributed by atoms with Crippen LogP contribution in [0.2, 0.25) is 0 Å². The zero-order chi connectivity index (χ0) is 13.1. The maximum absolute atomic E-state index is 13.1. The number of halogens is 2. The van der Waals surface area contributed by atoms with Crippen LogP contribution in [0, 0.1) is 5.82 Å². The van der Waals surface area contributed by atoms with Gasteiger partial charge in [-0.05, 0) is 29.1 Å². The Kier molecular flexibility index (Phi) is 5.54. The van der Waals surface area contributed by atoms with Crippen LogP contribution < -0.4 is 5.32 Å². The molecule has 0 aliphatic carbocycles. The molecule has 1 aliphatic heterocycles. The van der Waals surface area contributed by atoms with Crippen molar-refractivity contribution in [2.45, 2.75) is 6.04 Å². The molecule has 1 saturated heterocycles. The fourth-order valence-corrected chi connectivity index (χ4v) is 3.47. The molecule has 2 nitrogen and oxygen atoms in total. The molecule has 0 bridgehead atoms. The first-order valence-electron chi connectivity index (χ1n) is 6.58. The average Bonchev–Trinajstić information content (AvgIpc) is 2.96. The highest BCUT2D eigenvalue weighted by molar-refractivity contribution is 7.10. The second kappa shape index (κ2) is 7.18. The molecule has 0 spiro atoms. The van der Waals surface area contributed by atoms with Gasteiger partial charge in [0.05, 0.1) is 6.04 Å². The van der Waals surface area contributed by atoms with Crippen LogP contribution in [0.4, 0.5) is 4.39 Å². The molecule has 2 aromatic rings. The first-order chi connectivity index (χ1) is 9.34. The Morgan fingerprint density at radius 2 is 1.80 bits per heavy atom. The summed E-state index contributed by atoms with van der Waals surface area (Å²) >= 11 is 1.77. The molecule has 5 heteroatoms. The predicted molar refractivity (Wildman–Crippen MR) is 84.3 cm³/mol. The molecule has 1 atom stereocenters. The predicted octanol–water partition coefficient (Wildman–Crippen LogP) is 3.30. The van der Waals surface area contributed by atoms with Crippen LogP contribution in [0.5, 0.6) is 0 Å². The topological polar surface area (TPSA) is 15.3 Å². The summed E-state index contributed by atoms with van der Waals surface area (Å²) in [6, 6.07) is 11.4. The third kappa shape index (κ3) is 3.38. The van der Waals surface area contributed by atoms with Gasteiger partial charge >= 0.3 is 0 Å². The summed E-state index contributed by atoms with van der Waals surface area (Å²) < 4.78 is 13.1. The van der Waals surface area contributed by atoms with E-state index >= 15 is 0 Å². The number of piperazine rings is 1. The molecule has 1 aromatic carbocycles. The lowest BCUT2D eigenvalue weighted by molar-refractivity contribution is 0.200. The highest BCUT2D eigenvalue weighted by atomic mass is 35.5. The second-order valence-electron chi connectivity index (χ2n) is 4.76. The van der Waals surface area contributed by atoms with Gasteiger partial charge in [-0.25, -0.2) is 4.39 Å². The number of rotatable bonds is 3. The average molecular weight is 313 g/mol. The van der Waals surface area contributed by atoms with E-state index in [4.69, 9.17) is 0 Å². The van der Waals surface area contributed by atoms with Gasteiger partial charge < -0.3 is 5.32 Å². The lowest BCUT2D eigenvalue weighted by atomic mass is 10.0. The van der Waals surface area contributed by atoms with Gasteiger partial charge in [0.2, 0.25) is 0 Å². The van der Waals surface area contributed by atoms with Crippen molar-refractivity contribution in [2.75, 3.05) is 26.2 Å². The first-order valence-corrected chi connectivity index (χ1v) is 7.46. The van der Waals surface area contributed by atoms with Gasteiger partial charge in [-0.1, -0.05) is 18.2 Å². The van der Waals surface area contributed by atoms with E-state index in [0.29, 0.717) is 0 Å². The van der Waals surface area contributed by atoms with Crippen molar-refractivity contribution in [2.24, 2.45) is 0 Å². The monoisotopic (exact) mass is 312 g/mol. The smallest absolute Gasteiger partial charge is 0.123 e. The number of hydrogen-bond acceptors (Lipinski definition) is 3. The fraction of sp³-hybridized carbons (Fsp3) is 0.333. The van der Waals surface area contributed by atoms with Crippen molar-refractivity contribution in [3.8, 4) is 0 Å². The normalized spacial score (nSPS) is 17.4. The third-order valence-electron chi connectivity index (χ3n) is 3.52. The molecule has 0 radical (unpaired) electrons. The molecule has 0 unspecified atom stereocenters. The summed E-state index contributed by atoms with van der Waals surface area (Å²) in [6.45, 7) is 4.09. The highest BCUT2D eigenvalue weighted by Gasteiger charge is 2.24. The maximum Gasteiger partial charge on any atom is 0.123 e. The Labute approximate surface area is 129 Å². The minimum Gasteiger partial charge on any atom is -0.314 e. The number of nitrogens with zero attached hydrogens (tertiary/aromatic N) is 1. The van der Waals surface area contributed by atoms with E-state index in [-0.39, 0.29) is 24.3 Å². The van der Waals surface area contributed by atoms with Crippen molar-refractivity contribution in [1.29, 1.82) is 0 Å². The zero-order valence-electron chi connectivity index (χ0n) is 11.1. The minimum absolute atomic E-state index is 0. The van der Waals surface area contributed by atoms with Gasteiger partial charge in [-0.15, -0.1) is 23.7 Å². The molecule has 2 heterocycles. The van der Waals surface area contributed by atoms with Crippen LogP contribution in [-0.2, 0) is 0 Å². The first kappa shape index (κ1) is 15.4. The highest BCUT2D eigenvalue weighted by Crippen LogP contribution is 2.31. The van der Waals surface area contributed by atoms with Gasteiger partial charge in [-0.2, -0.15) is 0 Å². The molecule has 0 amide bonds. The second-order valence-corrected chi connectivity index (χ2v) is 5.73. The quantitative estimate of drug-likeness (QED) is 0.935. The SMILES string of the molecule is Cl.Fc1ccc([C@@H](c2cccs2)N2CCNCC2)cc1.